The van der Waals surface area contributed by atoms with E-state index in [0.29, 0.717) is 24.9 Å². The molecule has 0 aliphatic rings. The fraction of sp³-hybridized carbons (Fsp3) is 0.222. The predicted octanol–water partition coefficient (Wildman–Crippen LogP) is 4.09. The van der Waals surface area contributed by atoms with Crippen molar-refractivity contribution in [2.24, 2.45) is 0 Å². The Labute approximate surface area is 129 Å². The van der Waals surface area contributed by atoms with E-state index in [9.17, 15) is 0 Å². The van der Waals surface area contributed by atoms with Crippen molar-refractivity contribution in [3.63, 3.8) is 0 Å². The first-order valence-electron chi connectivity index (χ1n) is 7.44. The zero-order valence-electron chi connectivity index (χ0n) is 12.7. The Kier molecular flexibility index (Phi) is 4.19. The highest BCUT2D eigenvalue weighted by molar-refractivity contribution is 5.85. The van der Waals surface area contributed by atoms with Gasteiger partial charge in [-0.3, -0.25) is 0 Å². The topological polar surface area (TPSA) is 44.2 Å². The molecule has 1 heterocycles. The first-order valence-corrected chi connectivity index (χ1v) is 7.44. The lowest BCUT2D eigenvalue weighted by atomic mass is 10.2. The van der Waals surface area contributed by atoms with Gasteiger partial charge in [-0.1, -0.05) is 12.1 Å². The Hall–Kier alpha value is -2.62. The van der Waals surface area contributed by atoms with Crippen LogP contribution in [0.5, 0.6) is 11.6 Å². The van der Waals surface area contributed by atoms with Crippen molar-refractivity contribution in [3.8, 4) is 23.0 Å². The van der Waals surface area contributed by atoms with Crippen molar-refractivity contribution in [1.29, 1.82) is 0 Å². The van der Waals surface area contributed by atoms with Gasteiger partial charge in [0.1, 0.15) is 5.75 Å². The second kappa shape index (κ2) is 6.43. The summed E-state index contributed by atoms with van der Waals surface area (Å²) in [6.45, 7) is 5.15. The average molecular weight is 294 g/mol. The van der Waals surface area contributed by atoms with Gasteiger partial charge in [0.05, 0.1) is 24.1 Å². The summed E-state index contributed by atoms with van der Waals surface area (Å²) in [5.41, 5.74) is 1.82. The van der Waals surface area contributed by atoms with Crippen LogP contribution in [-0.2, 0) is 0 Å². The molecule has 0 saturated carbocycles. The lowest BCUT2D eigenvalue weighted by Gasteiger charge is -2.09. The van der Waals surface area contributed by atoms with E-state index in [1.165, 1.54) is 0 Å². The second-order valence-corrected chi connectivity index (χ2v) is 4.76. The average Bonchev–Trinajstić information content (AvgIpc) is 2.56. The van der Waals surface area contributed by atoms with Crippen molar-refractivity contribution >= 4 is 10.9 Å². The van der Waals surface area contributed by atoms with Gasteiger partial charge in [0.25, 0.3) is 0 Å². The summed E-state index contributed by atoms with van der Waals surface area (Å²) < 4.78 is 11.1. The molecule has 0 fully saturated rings. The van der Waals surface area contributed by atoms with E-state index in [1.807, 2.05) is 62.4 Å². The third kappa shape index (κ3) is 2.86. The Morgan fingerprint density at radius 3 is 2.27 bits per heavy atom. The minimum absolute atomic E-state index is 0.573. The first-order chi connectivity index (χ1) is 10.8. The molecule has 0 spiro atoms. The first kappa shape index (κ1) is 14.3. The van der Waals surface area contributed by atoms with Crippen molar-refractivity contribution in [3.05, 3.63) is 48.5 Å². The summed E-state index contributed by atoms with van der Waals surface area (Å²) in [6, 6.07) is 15.7. The van der Waals surface area contributed by atoms with Gasteiger partial charge >= 0.3 is 0 Å². The summed E-state index contributed by atoms with van der Waals surface area (Å²) >= 11 is 0. The Morgan fingerprint density at radius 1 is 0.818 bits per heavy atom. The van der Waals surface area contributed by atoms with Crippen molar-refractivity contribution in [2.45, 2.75) is 13.8 Å². The molecule has 4 heteroatoms. The lowest BCUT2D eigenvalue weighted by molar-refractivity contribution is 0.331. The van der Waals surface area contributed by atoms with Crippen LogP contribution in [0.2, 0.25) is 0 Å². The quantitative estimate of drug-likeness (QED) is 0.711. The van der Waals surface area contributed by atoms with Crippen LogP contribution in [0.4, 0.5) is 0 Å². The lowest BCUT2D eigenvalue weighted by Crippen LogP contribution is -1.99. The number of hydrogen-bond donors (Lipinski definition) is 0. The smallest absolute Gasteiger partial charge is 0.225 e. The number of hydrogen-bond acceptors (Lipinski definition) is 4. The summed E-state index contributed by atoms with van der Waals surface area (Å²) in [5, 5.41) is 0.930. The molecule has 1 aromatic heterocycles. The molecule has 0 aliphatic heterocycles. The van der Waals surface area contributed by atoms with E-state index in [2.05, 4.69) is 9.97 Å². The minimum Gasteiger partial charge on any atom is -0.494 e. The normalized spacial score (nSPS) is 10.6. The Balaban J connectivity index is 2.06. The number of para-hydroxylation sites is 1. The van der Waals surface area contributed by atoms with Gasteiger partial charge in [-0.05, 0) is 50.2 Å². The summed E-state index contributed by atoms with van der Waals surface area (Å²) in [4.78, 5) is 9.19. The summed E-state index contributed by atoms with van der Waals surface area (Å²) in [5.74, 6) is 2.12. The van der Waals surface area contributed by atoms with Gasteiger partial charge in [-0.25, -0.2) is 4.98 Å². The monoisotopic (exact) mass is 294 g/mol. The van der Waals surface area contributed by atoms with Gasteiger partial charge in [0.2, 0.25) is 5.88 Å². The molecule has 0 radical (unpaired) electrons. The van der Waals surface area contributed by atoms with Crippen LogP contribution in [0.1, 0.15) is 13.8 Å². The maximum Gasteiger partial charge on any atom is 0.225 e. The maximum atomic E-state index is 5.67. The Morgan fingerprint density at radius 2 is 1.55 bits per heavy atom. The van der Waals surface area contributed by atoms with Crippen LogP contribution in [-0.4, -0.2) is 23.2 Å². The standard InChI is InChI=1S/C18H18N2O2/c1-3-21-14-11-9-13(10-12-14)17-19-16-8-6-5-7-15(16)18(20-17)22-4-2/h5-12H,3-4H2,1-2H3. The fourth-order valence-electron chi connectivity index (χ4n) is 2.29. The molecule has 112 valence electrons. The third-order valence-corrected chi connectivity index (χ3v) is 3.27. The zero-order valence-corrected chi connectivity index (χ0v) is 12.7. The zero-order chi connectivity index (χ0) is 15.4. The fourth-order valence-corrected chi connectivity index (χ4v) is 2.29. The molecule has 0 amide bonds. The van der Waals surface area contributed by atoms with Crippen LogP contribution in [0.3, 0.4) is 0 Å². The van der Waals surface area contributed by atoms with Gasteiger partial charge in [-0.15, -0.1) is 0 Å². The maximum absolute atomic E-state index is 5.67. The van der Waals surface area contributed by atoms with E-state index in [0.717, 1.165) is 22.2 Å². The van der Waals surface area contributed by atoms with Crippen LogP contribution < -0.4 is 9.47 Å². The summed E-state index contributed by atoms with van der Waals surface area (Å²) in [6.07, 6.45) is 0. The number of nitrogens with zero attached hydrogens (tertiary/aromatic N) is 2. The third-order valence-electron chi connectivity index (χ3n) is 3.27. The molecule has 0 atom stereocenters. The molecular weight excluding hydrogens is 276 g/mol. The minimum atomic E-state index is 0.573. The number of rotatable bonds is 5. The van der Waals surface area contributed by atoms with Crippen molar-refractivity contribution in [2.75, 3.05) is 13.2 Å². The van der Waals surface area contributed by atoms with Gasteiger partial charge in [-0.2, -0.15) is 4.98 Å². The van der Waals surface area contributed by atoms with Crippen molar-refractivity contribution in [1.82, 2.24) is 9.97 Å². The van der Waals surface area contributed by atoms with Crippen LogP contribution in [0.25, 0.3) is 22.3 Å². The molecule has 0 N–H and O–H groups in total. The number of benzene rings is 2. The molecule has 0 bridgehead atoms. The van der Waals surface area contributed by atoms with Gasteiger partial charge < -0.3 is 9.47 Å². The van der Waals surface area contributed by atoms with Crippen LogP contribution in [0.15, 0.2) is 48.5 Å². The van der Waals surface area contributed by atoms with Crippen LogP contribution in [0, 0.1) is 0 Å². The molecule has 3 rings (SSSR count). The highest BCUT2D eigenvalue weighted by Crippen LogP contribution is 2.27. The molecule has 4 nitrogen and oxygen atoms in total. The van der Waals surface area contributed by atoms with E-state index < -0.39 is 0 Å². The predicted molar refractivity (Wildman–Crippen MR) is 87.3 cm³/mol. The SMILES string of the molecule is CCOc1ccc(-c2nc(OCC)c3ccccc3n2)cc1. The van der Waals surface area contributed by atoms with Crippen LogP contribution >= 0.6 is 0 Å². The largest absolute Gasteiger partial charge is 0.494 e. The molecule has 3 aromatic rings. The molecule has 22 heavy (non-hydrogen) atoms. The highest BCUT2D eigenvalue weighted by Gasteiger charge is 2.10. The molecule has 2 aromatic carbocycles. The number of fused-ring (bicyclic) bond motifs is 1. The molecule has 0 saturated heterocycles. The molecular formula is C18H18N2O2. The van der Waals surface area contributed by atoms with E-state index in [-0.39, 0.29) is 0 Å². The second-order valence-electron chi connectivity index (χ2n) is 4.76. The Bertz CT molecular complexity index is 770. The summed E-state index contributed by atoms with van der Waals surface area (Å²) in [7, 11) is 0. The highest BCUT2D eigenvalue weighted by atomic mass is 16.5. The van der Waals surface area contributed by atoms with E-state index in [4.69, 9.17) is 9.47 Å². The van der Waals surface area contributed by atoms with E-state index >= 15 is 0 Å². The molecule has 0 aliphatic carbocycles. The molecule has 0 unspecified atom stereocenters. The number of aromatic nitrogens is 2. The van der Waals surface area contributed by atoms with Gasteiger partial charge in [0.15, 0.2) is 5.82 Å². The van der Waals surface area contributed by atoms with Gasteiger partial charge in [0, 0.05) is 5.56 Å². The van der Waals surface area contributed by atoms with E-state index in [1.54, 1.807) is 0 Å². The van der Waals surface area contributed by atoms with Crippen molar-refractivity contribution < 1.29 is 9.47 Å². The number of ether oxygens (including phenoxy) is 2.